The summed E-state index contributed by atoms with van der Waals surface area (Å²) >= 11 is 11.8. The number of phosphoric acid groups is 1. The predicted octanol–water partition coefficient (Wildman–Crippen LogP) is 2.03. The Morgan fingerprint density at radius 1 is 1.00 bits per heavy atom. The summed E-state index contributed by atoms with van der Waals surface area (Å²) in [6, 6.07) is 9.39. The number of rotatable bonds is 1. The third-order valence-corrected chi connectivity index (χ3v) is 3.35. The number of phenols is 1. The molecule has 0 aliphatic carbocycles. The van der Waals surface area contributed by atoms with Crippen LogP contribution in [-0.2, 0) is 4.57 Å². The minimum atomic E-state index is -4.64. The quantitative estimate of drug-likeness (QED) is 0.294. The predicted molar refractivity (Wildman–Crippen MR) is 101 cm³/mol. The average Bonchev–Trinajstić information content (AvgIpc) is 2.48. The number of aromatic amines is 1. The first kappa shape index (κ1) is 23.1. The van der Waals surface area contributed by atoms with E-state index in [2.05, 4.69) is 9.97 Å². The fraction of sp³-hybridized carbons (Fsp3) is 0. The van der Waals surface area contributed by atoms with Gasteiger partial charge in [-0.15, -0.1) is 0 Å². The fourth-order valence-electron chi connectivity index (χ4n) is 1.94. The van der Waals surface area contributed by atoms with Crippen molar-refractivity contribution in [2.45, 2.75) is 0 Å². The second-order valence-corrected chi connectivity index (χ2v) is 6.65. The van der Waals surface area contributed by atoms with Gasteiger partial charge in [0.15, 0.2) is 0 Å². The van der Waals surface area contributed by atoms with E-state index >= 15 is 0 Å². The van der Waals surface area contributed by atoms with E-state index < -0.39 is 7.82 Å². The molecule has 1 heterocycles. The van der Waals surface area contributed by atoms with Crippen molar-refractivity contribution in [1.29, 1.82) is 0 Å². The molecule has 0 aliphatic rings. The number of nitrogens with one attached hydrogen (secondary N) is 1. The Kier molecular flexibility index (Phi) is 8.29. The van der Waals surface area contributed by atoms with Crippen molar-refractivity contribution in [3.05, 3.63) is 56.8 Å². The van der Waals surface area contributed by atoms with E-state index in [9.17, 15) is 9.90 Å². The Bertz CT molecular complexity index is 1030. The summed E-state index contributed by atoms with van der Waals surface area (Å²) in [5.41, 5.74) is 0.533. The summed E-state index contributed by atoms with van der Waals surface area (Å²) in [7, 11) is -4.64. The Hall–Kier alpha value is -0.930. The molecule has 134 valence electrons. The van der Waals surface area contributed by atoms with E-state index in [-0.39, 0.29) is 46.7 Å². The third-order valence-electron chi connectivity index (χ3n) is 2.88. The van der Waals surface area contributed by atoms with Gasteiger partial charge in [-0.25, -0.2) is 9.55 Å². The van der Waals surface area contributed by atoms with Crippen molar-refractivity contribution in [1.82, 2.24) is 9.97 Å². The number of aromatic hydroxyl groups is 1. The maximum absolute atomic E-state index is 12.1. The summed E-state index contributed by atoms with van der Waals surface area (Å²) in [5.74, 6) is 0.246. The molecule has 5 N–H and O–H groups in total. The van der Waals surface area contributed by atoms with Crippen LogP contribution in [0.3, 0.4) is 0 Å². The van der Waals surface area contributed by atoms with E-state index in [1.165, 1.54) is 12.1 Å². The molecule has 0 atom stereocenters. The van der Waals surface area contributed by atoms with E-state index in [1.54, 1.807) is 24.3 Å². The Labute approximate surface area is 179 Å². The molecule has 12 heteroatoms. The molecule has 8 nitrogen and oxygen atoms in total. The molecule has 26 heavy (non-hydrogen) atoms. The number of aromatic nitrogens is 2. The van der Waals surface area contributed by atoms with Crippen LogP contribution in [0.4, 0.5) is 0 Å². The van der Waals surface area contributed by atoms with Gasteiger partial charge in [-0.3, -0.25) is 4.79 Å². The van der Waals surface area contributed by atoms with E-state index in [4.69, 9.17) is 42.4 Å². The van der Waals surface area contributed by atoms with Gasteiger partial charge in [0.05, 0.1) is 16.5 Å². The Balaban J connectivity index is 0.000000501. The van der Waals surface area contributed by atoms with E-state index in [0.717, 1.165) is 0 Å². The van der Waals surface area contributed by atoms with Crippen LogP contribution in [0.15, 0.2) is 41.2 Å². The first-order chi connectivity index (χ1) is 11.5. The van der Waals surface area contributed by atoms with Gasteiger partial charge in [-0.1, -0.05) is 23.2 Å². The van der Waals surface area contributed by atoms with Gasteiger partial charge in [0.25, 0.3) is 5.56 Å². The summed E-state index contributed by atoms with van der Waals surface area (Å²) in [5, 5.41) is 11.1. The van der Waals surface area contributed by atoms with Crippen molar-refractivity contribution in [3.8, 4) is 17.1 Å². The van der Waals surface area contributed by atoms with Crippen LogP contribution in [-0.4, -0.2) is 59.3 Å². The summed E-state index contributed by atoms with van der Waals surface area (Å²) in [6.45, 7) is 0. The van der Waals surface area contributed by atoms with Crippen molar-refractivity contribution in [2.75, 3.05) is 0 Å². The molecule has 0 aliphatic heterocycles. The maximum atomic E-state index is 12.1. The number of phenolic OH excluding ortho intramolecular Hbond substituents is 1. The van der Waals surface area contributed by atoms with Crippen LogP contribution >= 0.6 is 31.0 Å². The van der Waals surface area contributed by atoms with Gasteiger partial charge in [-0.05, 0) is 36.4 Å². The van der Waals surface area contributed by atoms with Gasteiger partial charge in [0.2, 0.25) is 0 Å². The molecule has 0 spiro atoms. The van der Waals surface area contributed by atoms with Crippen LogP contribution < -0.4 is 5.56 Å². The summed E-state index contributed by atoms with van der Waals surface area (Å²) in [6.07, 6.45) is 0. The average molecular weight is 429 g/mol. The Morgan fingerprint density at radius 2 is 1.54 bits per heavy atom. The third kappa shape index (κ3) is 6.66. The van der Waals surface area contributed by atoms with Crippen LogP contribution in [0.5, 0.6) is 5.75 Å². The van der Waals surface area contributed by atoms with Crippen LogP contribution in [0.1, 0.15) is 0 Å². The number of nitrogens with zero attached hydrogens (tertiary/aromatic N) is 1. The molecular weight excluding hydrogens is 417 g/mol. The molecule has 0 saturated carbocycles. The minimum absolute atomic E-state index is 0. The van der Waals surface area contributed by atoms with E-state index in [1.807, 2.05) is 0 Å². The number of fused-ring (bicyclic) bond motifs is 1. The van der Waals surface area contributed by atoms with Gasteiger partial charge >= 0.3 is 37.4 Å². The van der Waals surface area contributed by atoms with Gasteiger partial charge in [0.1, 0.15) is 11.6 Å². The van der Waals surface area contributed by atoms with Crippen molar-refractivity contribution >= 4 is 71.5 Å². The zero-order valence-electron chi connectivity index (χ0n) is 12.2. The molecule has 0 amide bonds. The first-order valence-electron chi connectivity index (χ1n) is 6.51. The molecule has 2 aromatic carbocycles. The van der Waals surface area contributed by atoms with Crippen LogP contribution in [0.25, 0.3) is 22.3 Å². The second-order valence-electron chi connectivity index (χ2n) is 4.75. The molecule has 3 aromatic rings. The standard InChI is InChI=1S/C14H8Cl2N2O2.Na.H3O4P.H/c15-7-1-3-11-9(5-7)14(20)18-13(17-11)10-6-8(16)2-4-12(10)19;;1-5(2,3)4;/h1-6,19H,(H,17,18,20);;(H3,1,2,3,4);. The number of hydrogen-bond donors (Lipinski definition) is 5. The van der Waals surface area contributed by atoms with Gasteiger partial charge < -0.3 is 24.8 Å². The zero-order chi connectivity index (χ0) is 18.8. The number of halogens is 2. The SMILES string of the molecule is O=P(O)(O)O.O=c1[nH]c(-c2cc(Cl)ccc2O)nc2ccc(Cl)cc12.[NaH]. The number of benzene rings is 2. The molecule has 0 bridgehead atoms. The number of hydrogen-bond acceptors (Lipinski definition) is 4. The monoisotopic (exact) mass is 428 g/mol. The molecule has 0 saturated heterocycles. The summed E-state index contributed by atoms with van der Waals surface area (Å²) < 4.78 is 8.88. The first-order valence-corrected chi connectivity index (χ1v) is 8.83. The molecule has 0 fully saturated rings. The second kappa shape index (κ2) is 9.32. The van der Waals surface area contributed by atoms with Crippen molar-refractivity contribution in [2.24, 2.45) is 0 Å². The number of H-pyrrole nitrogens is 1. The zero-order valence-corrected chi connectivity index (χ0v) is 14.6. The van der Waals surface area contributed by atoms with E-state index in [0.29, 0.717) is 26.5 Å². The molecule has 0 unspecified atom stereocenters. The van der Waals surface area contributed by atoms with Crippen molar-refractivity contribution in [3.63, 3.8) is 0 Å². The van der Waals surface area contributed by atoms with Gasteiger partial charge in [-0.2, -0.15) is 0 Å². The van der Waals surface area contributed by atoms with Crippen LogP contribution in [0, 0.1) is 0 Å². The van der Waals surface area contributed by atoms with Crippen molar-refractivity contribution < 1.29 is 24.4 Å². The van der Waals surface area contributed by atoms with Crippen LogP contribution in [0.2, 0.25) is 10.0 Å². The Morgan fingerprint density at radius 3 is 2.15 bits per heavy atom. The topological polar surface area (TPSA) is 144 Å². The summed E-state index contributed by atoms with van der Waals surface area (Å²) in [4.78, 5) is 40.5. The molecule has 1 aromatic heterocycles. The fourth-order valence-corrected chi connectivity index (χ4v) is 2.28. The molecular formula is C14H12Cl2N2NaO6P. The normalized spacial score (nSPS) is 10.7. The molecule has 3 rings (SSSR count). The van der Waals surface area contributed by atoms with Gasteiger partial charge in [0, 0.05) is 10.0 Å². The molecule has 0 radical (unpaired) electrons.